The molecular formula is C6H11N. The van der Waals surface area contributed by atoms with E-state index >= 15 is 0 Å². The van der Waals surface area contributed by atoms with Crippen molar-refractivity contribution in [1.29, 1.82) is 5.41 Å². The van der Waals surface area contributed by atoms with Crippen LogP contribution in [0.2, 0.25) is 0 Å². The highest BCUT2D eigenvalue weighted by atomic mass is 14.4. The van der Waals surface area contributed by atoms with Gasteiger partial charge in [-0.25, -0.2) is 0 Å². The molecule has 0 saturated carbocycles. The molecule has 40 valence electrons. The Bertz CT molecular complexity index is 82.2. The van der Waals surface area contributed by atoms with E-state index in [-0.39, 0.29) is 0 Å². The van der Waals surface area contributed by atoms with Gasteiger partial charge >= 0.3 is 0 Å². The molecule has 0 heterocycles. The fraction of sp³-hybridized carbons (Fsp3) is 0.500. The SMILES string of the molecule is CC=CCC(C)=N. The standard InChI is InChI=1S/C6H11N/c1-3-4-5-6(2)7/h3-4,7H,5H2,1-2H3. The number of nitrogens with one attached hydrogen (secondary N) is 1. The maximum atomic E-state index is 6.95. The number of hydrogen-bond acceptors (Lipinski definition) is 1. The zero-order chi connectivity index (χ0) is 5.70. The summed E-state index contributed by atoms with van der Waals surface area (Å²) >= 11 is 0. The lowest BCUT2D eigenvalue weighted by atomic mass is 10.3. The quantitative estimate of drug-likeness (QED) is 0.402. The second-order valence-electron chi connectivity index (χ2n) is 1.55. The van der Waals surface area contributed by atoms with Crippen molar-refractivity contribution in [2.24, 2.45) is 0 Å². The van der Waals surface area contributed by atoms with E-state index in [4.69, 9.17) is 5.41 Å². The van der Waals surface area contributed by atoms with Crippen LogP contribution in [-0.2, 0) is 0 Å². The van der Waals surface area contributed by atoms with Gasteiger partial charge in [-0.1, -0.05) is 12.2 Å². The minimum atomic E-state index is 0.720. The zero-order valence-electron chi connectivity index (χ0n) is 4.86. The first-order chi connectivity index (χ1) is 3.27. The minimum absolute atomic E-state index is 0.720. The van der Waals surface area contributed by atoms with Crippen LogP contribution in [-0.4, -0.2) is 5.71 Å². The van der Waals surface area contributed by atoms with Crippen LogP contribution in [0.1, 0.15) is 20.3 Å². The van der Waals surface area contributed by atoms with E-state index in [0.29, 0.717) is 0 Å². The third kappa shape index (κ3) is 5.41. The van der Waals surface area contributed by atoms with Crippen molar-refractivity contribution >= 4 is 5.71 Å². The largest absolute Gasteiger partial charge is 0.310 e. The van der Waals surface area contributed by atoms with Crippen LogP contribution in [0.4, 0.5) is 0 Å². The van der Waals surface area contributed by atoms with Crippen molar-refractivity contribution in [2.45, 2.75) is 20.3 Å². The van der Waals surface area contributed by atoms with E-state index in [1.807, 2.05) is 19.1 Å². The van der Waals surface area contributed by atoms with Crippen molar-refractivity contribution in [1.82, 2.24) is 0 Å². The molecule has 1 heteroatoms. The second kappa shape index (κ2) is 3.59. The molecule has 0 rings (SSSR count). The average molecular weight is 97.2 g/mol. The van der Waals surface area contributed by atoms with Crippen molar-refractivity contribution in [3.8, 4) is 0 Å². The van der Waals surface area contributed by atoms with Crippen molar-refractivity contribution in [3.05, 3.63) is 12.2 Å². The molecule has 0 spiro atoms. The summed E-state index contributed by atoms with van der Waals surface area (Å²) in [6.07, 6.45) is 4.73. The topological polar surface area (TPSA) is 23.9 Å². The number of hydrogen-bond donors (Lipinski definition) is 1. The average Bonchev–Trinajstić information content (AvgIpc) is 1.61. The van der Waals surface area contributed by atoms with E-state index in [2.05, 4.69) is 0 Å². The van der Waals surface area contributed by atoms with Crippen molar-refractivity contribution < 1.29 is 0 Å². The van der Waals surface area contributed by atoms with E-state index in [9.17, 15) is 0 Å². The molecule has 0 fully saturated rings. The normalized spacial score (nSPS) is 10.0. The van der Waals surface area contributed by atoms with Gasteiger partial charge in [-0.3, -0.25) is 0 Å². The summed E-state index contributed by atoms with van der Waals surface area (Å²) in [6.45, 7) is 3.77. The van der Waals surface area contributed by atoms with Gasteiger partial charge in [0.15, 0.2) is 0 Å². The zero-order valence-corrected chi connectivity index (χ0v) is 4.86. The Balaban J connectivity index is 3.14. The van der Waals surface area contributed by atoms with E-state index in [1.165, 1.54) is 0 Å². The van der Waals surface area contributed by atoms with Gasteiger partial charge in [0.1, 0.15) is 0 Å². The summed E-state index contributed by atoms with van der Waals surface area (Å²) in [5.41, 5.74) is 0.720. The molecule has 0 aliphatic carbocycles. The molecule has 0 aliphatic rings. The predicted octanol–water partition coefficient (Wildman–Crippen LogP) is 1.99. The van der Waals surface area contributed by atoms with Gasteiger partial charge in [-0.15, -0.1) is 0 Å². The number of allylic oxidation sites excluding steroid dienone is 2. The van der Waals surface area contributed by atoms with Gasteiger partial charge < -0.3 is 5.41 Å². The van der Waals surface area contributed by atoms with Gasteiger partial charge in [-0.05, 0) is 13.8 Å². The highest BCUT2D eigenvalue weighted by molar-refractivity contribution is 5.79. The minimum Gasteiger partial charge on any atom is -0.310 e. The van der Waals surface area contributed by atoms with E-state index in [0.717, 1.165) is 12.1 Å². The first-order valence-electron chi connectivity index (χ1n) is 2.42. The summed E-state index contributed by atoms with van der Waals surface area (Å²) in [4.78, 5) is 0. The molecule has 0 radical (unpaired) electrons. The fourth-order valence-electron chi connectivity index (χ4n) is 0.295. The molecule has 0 bridgehead atoms. The van der Waals surface area contributed by atoms with Crippen LogP contribution in [0.5, 0.6) is 0 Å². The Morgan fingerprint density at radius 3 is 2.43 bits per heavy atom. The molecular weight excluding hydrogens is 86.1 g/mol. The molecule has 0 aromatic heterocycles. The molecule has 0 saturated heterocycles. The molecule has 1 N–H and O–H groups in total. The number of rotatable bonds is 2. The van der Waals surface area contributed by atoms with Crippen LogP contribution in [0.3, 0.4) is 0 Å². The second-order valence-corrected chi connectivity index (χ2v) is 1.55. The molecule has 0 atom stereocenters. The van der Waals surface area contributed by atoms with Gasteiger partial charge in [0.05, 0.1) is 0 Å². The van der Waals surface area contributed by atoms with Crippen LogP contribution in [0.15, 0.2) is 12.2 Å². The molecule has 0 amide bonds. The highest BCUT2D eigenvalue weighted by Crippen LogP contribution is 1.82. The van der Waals surface area contributed by atoms with Gasteiger partial charge in [0.25, 0.3) is 0 Å². The summed E-state index contributed by atoms with van der Waals surface area (Å²) in [6, 6.07) is 0. The van der Waals surface area contributed by atoms with Crippen LogP contribution in [0, 0.1) is 5.41 Å². The Kier molecular flexibility index (Phi) is 3.29. The smallest absolute Gasteiger partial charge is 0.00958 e. The Morgan fingerprint density at radius 1 is 1.71 bits per heavy atom. The Labute approximate surface area is 44.6 Å². The first-order valence-corrected chi connectivity index (χ1v) is 2.42. The lowest BCUT2D eigenvalue weighted by molar-refractivity contribution is 1.34. The third-order valence-electron chi connectivity index (χ3n) is 0.660. The monoisotopic (exact) mass is 97.1 g/mol. The summed E-state index contributed by atoms with van der Waals surface area (Å²) in [5, 5.41) is 6.95. The fourth-order valence-corrected chi connectivity index (χ4v) is 0.295. The third-order valence-corrected chi connectivity index (χ3v) is 0.660. The van der Waals surface area contributed by atoms with Gasteiger partial charge in [-0.2, -0.15) is 0 Å². The van der Waals surface area contributed by atoms with E-state index in [1.54, 1.807) is 6.92 Å². The van der Waals surface area contributed by atoms with Crippen molar-refractivity contribution in [2.75, 3.05) is 0 Å². The summed E-state index contributed by atoms with van der Waals surface area (Å²) in [5.74, 6) is 0. The first kappa shape index (κ1) is 6.41. The van der Waals surface area contributed by atoms with Crippen LogP contribution < -0.4 is 0 Å². The highest BCUT2D eigenvalue weighted by Gasteiger charge is 1.76. The molecule has 0 aromatic rings. The van der Waals surface area contributed by atoms with Gasteiger partial charge in [0, 0.05) is 12.1 Å². The lowest BCUT2D eigenvalue weighted by Crippen LogP contribution is -1.81. The molecule has 7 heavy (non-hydrogen) atoms. The maximum absolute atomic E-state index is 6.95. The van der Waals surface area contributed by atoms with Crippen LogP contribution in [0.25, 0.3) is 0 Å². The van der Waals surface area contributed by atoms with E-state index < -0.39 is 0 Å². The lowest BCUT2D eigenvalue weighted by Gasteiger charge is -1.82. The molecule has 0 aliphatic heterocycles. The predicted molar refractivity (Wildman–Crippen MR) is 32.8 cm³/mol. The van der Waals surface area contributed by atoms with Crippen LogP contribution >= 0.6 is 0 Å². The van der Waals surface area contributed by atoms with Gasteiger partial charge in [0.2, 0.25) is 0 Å². The maximum Gasteiger partial charge on any atom is 0.00958 e. The summed E-state index contributed by atoms with van der Waals surface area (Å²) < 4.78 is 0. The van der Waals surface area contributed by atoms with Crippen molar-refractivity contribution in [3.63, 3.8) is 0 Å². The summed E-state index contributed by atoms with van der Waals surface area (Å²) in [7, 11) is 0. The molecule has 0 unspecified atom stereocenters. The Morgan fingerprint density at radius 2 is 2.29 bits per heavy atom. The molecule has 0 aromatic carbocycles. The Hall–Kier alpha value is -0.590. The molecule has 1 nitrogen and oxygen atoms in total.